The van der Waals surface area contributed by atoms with Crippen LogP contribution in [0, 0.1) is 20.8 Å². The van der Waals surface area contributed by atoms with E-state index in [2.05, 4.69) is 15.5 Å². The molecular weight excluding hydrogens is 392 g/mol. The van der Waals surface area contributed by atoms with Crippen LogP contribution in [0.4, 0.5) is 16.2 Å². The van der Waals surface area contributed by atoms with Gasteiger partial charge < -0.3 is 20.3 Å². The number of anilines is 2. The zero-order chi connectivity index (χ0) is 22.4. The minimum atomic E-state index is -0.116. The van der Waals surface area contributed by atoms with Crippen LogP contribution < -0.4 is 15.4 Å². The number of nitrogens with one attached hydrogen (secondary N) is 2. The molecule has 2 aromatic carbocycles. The number of ether oxygens (including phenoxy) is 1. The molecule has 7 nitrogen and oxygen atoms in total. The molecule has 0 aromatic heterocycles. The van der Waals surface area contributed by atoms with Crippen LogP contribution in [0.25, 0.3) is 0 Å². The summed E-state index contributed by atoms with van der Waals surface area (Å²) in [5, 5.41) is 6.04. The minimum Gasteiger partial charge on any atom is -0.497 e. The number of nitrogens with zero attached hydrogens (tertiary/aromatic N) is 2. The molecular formula is C24H32N4O3. The Bertz CT molecular complexity index is 924. The lowest BCUT2D eigenvalue weighted by Gasteiger charge is -2.23. The lowest BCUT2D eigenvalue weighted by atomic mass is 10.1. The molecule has 0 unspecified atom stereocenters. The monoisotopic (exact) mass is 424 g/mol. The van der Waals surface area contributed by atoms with Gasteiger partial charge in [-0.05, 0) is 62.1 Å². The quantitative estimate of drug-likeness (QED) is 0.766. The fourth-order valence-corrected chi connectivity index (χ4v) is 3.82. The first-order valence-electron chi connectivity index (χ1n) is 10.7. The Morgan fingerprint density at radius 1 is 0.935 bits per heavy atom. The molecule has 3 amide bonds. The van der Waals surface area contributed by atoms with Gasteiger partial charge in [-0.2, -0.15) is 0 Å². The summed E-state index contributed by atoms with van der Waals surface area (Å²) in [6.45, 7) is 8.94. The Kier molecular flexibility index (Phi) is 7.52. The van der Waals surface area contributed by atoms with E-state index in [0.717, 1.165) is 46.8 Å². The summed E-state index contributed by atoms with van der Waals surface area (Å²) >= 11 is 0. The first kappa shape index (κ1) is 22.6. The molecule has 0 radical (unpaired) electrons. The van der Waals surface area contributed by atoms with Gasteiger partial charge in [0.1, 0.15) is 5.75 Å². The van der Waals surface area contributed by atoms with Crippen molar-refractivity contribution in [3.05, 3.63) is 53.1 Å². The summed E-state index contributed by atoms with van der Waals surface area (Å²) in [6, 6.07) is 11.5. The topological polar surface area (TPSA) is 73.9 Å². The standard InChI is InChI=1S/C24H32N4O3/c1-17-7-5-8-18(2)23(17)26-22(29)16-27-11-6-12-28(14-13-27)24(30)25-21-10-9-20(31-4)15-19(21)3/h5,7-10,15H,6,11-14,16H2,1-4H3,(H,25,30)(H,26,29). The summed E-state index contributed by atoms with van der Waals surface area (Å²) in [6.07, 6.45) is 0.825. The Morgan fingerprint density at radius 3 is 2.35 bits per heavy atom. The maximum absolute atomic E-state index is 12.8. The van der Waals surface area contributed by atoms with Gasteiger partial charge >= 0.3 is 6.03 Å². The Morgan fingerprint density at radius 2 is 1.68 bits per heavy atom. The SMILES string of the molecule is COc1ccc(NC(=O)N2CCCN(CC(=O)Nc3c(C)cccc3C)CC2)c(C)c1. The van der Waals surface area contributed by atoms with E-state index in [1.54, 1.807) is 7.11 Å². The van der Waals surface area contributed by atoms with Gasteiger partial charge in [0.25, 0.3) is 0 Å². The van der Waals surface area contributed by atoms with Crippen LogP contribution in [-0.4, -0.2) is 61.6 Å². The predicted octanol–water partition coefficient (Wildman–Crippen LogP) is 3.80. The third-order valence-corrected chi connectivity index (χ3v) is 5.66. The normalized spacial score (nSPS) is 14.6. The number of carbonyl (C=O) groups excluding carboxylic acids is 2. The highest BCUT2D eigenvalue weighted by atomic mass is 16.5. The van der Waals surface area contributed by atoms with Gasteiger partial charge in [-0.25, -0.2) is 4.79 Å². The second kappa shape index (κ2) is 10.3. The van der Waals surface area contributed by atoms with Crippen LogP contribution in [-0.2, 0) is 4.79 Å². The molecule has 0 atom stereocenters. The molecule has 0 bridgehead atoms. The van der Waals surface area contributed by atoms with Crippen LogP contribution >= 0.6 is 0 Å². The minimum absolute atomic E-state index is 0.0239. The highest BCUT2D eigenvalue weighted by Gasteiger charge is 2.21. The van der Waals surface area contributed by atoms with Crippen molar-refractivity contribution in [2.45, 2.75) is 27.2 Å². The lowest BCUT2D eigenvalue weighted by Crippen LogP contribution is -2.39. The highest BCUT2D eigenvalue weighted by molar-refractivity contribution is 5.94. The van der Waals surface area contributed by atoms with E-state index in [4.69, 9.17) is 4.74 Å². The number of amides is 3. The molecule has 2 aromatic rings. The van der Waals surface area contributed by atoms with Crippen LogP contribution in [0.1, 0.15) is 23.1 Å². The Hall–Kier alpha value is -3.06. The molecule has 2 N–H and O–H groups in total. The second-order valence-corrected chi connectivity index (χ2v) is 8.04. The first-order chi connectivity index (χ1) is 14.9. The molecule has 0 aliphatic carbocycles. The van der Waals surface area contributed by atoms with Gasteiger partial charge in [0.05, 0.1) is 13.7 Å². The Balaban J connectivity index is 1.53. The predicted molar refractivity (Wildman–Crippen MR) is 124 cm³/mol. The van der Waals surface area contributed by atoms with Crippen molar-refractivity contribution in [1.82, 2.24) is 9.80 Å². The molecule has 31 heavy (non-hydrogen) atoms. The fourth-order valence-electron chi connectivity index (χ4n) is 3.82. The molecule has 1 fully saturated rings. The number of rotatable bonds is 5. The van der Waals surface area contributed by atoms with Crippen molar-refractivity contribution in [2.24, 2.45) is 0 Å². The van der Waals surface area contributed by atoms with E-state index >= 15 is 0 Å². The van der Waals surface area contributed by atoms with E-state index in [-0.39, 0.29) is 11.9 Å². The van der Waals surface area contributed by atoms with Gasteiger partial charge in [-0.3, -0.25) is 9.69 Å². The summed E-state index contributed by atoms with van der Waals surface area (Å²) in [5.74, 6) is 0.740. The maximum Gasteiger partial charge on any atom is 0.321 e. The number of aryl methyl sites for hydroxylation is 3. The van der Waals surface area contributed by atoms with Crippen molar-refractivity contribution in [2.75, 3.05) is 50.5 Å². The average molecular weight is 425 g/mol. The van der Waals surface area contributed by atoms with Crippen LogP contribution in [0.15, 0.2) is 36.4 Å². The molecule has 1 aliphatic rings. The van der Waals surface area contributed by atoms with E-state index < -0.39 is 0 Å². The highest BCUT2D eigenvalue weighted by Crippen LogP contribution is 2.22. The molecule has 0 saturated carbocycles. The molecule has 166 valence electrons. The summed E-state index contributed by atoms with van der Waals surface area (Å²) in [4.78, 5) is 29.3. The zero-order valence-electron chi connectivity index (χ0n) is 18.8. The number of carbonyl (C=O) groups is 2. The molecule has 1 aliphatic heterocycles. The molecule has 1 heterocycles. The van der Waals surface area contributed by atoms with Gasteiger partial charge in [0.15, 0.2) is 0 Å². The summed E-state index contributed by atoms with van der Waals surface area (Å²) < 4.78 is 5.22. The number of urea groups is 1. The van der Waals surface area contributed by atoms with Crippen molar-refractivity contribution >= 4 is 23.3 Å². The van der Waals surface area contributed by atoms with Crippen molar-refractivity contribution in [1.29, 1.82) is 0 Å². The molecule has 0 spiro atoms. The molecule has 1 saturated heterocycles. The van der Waals surface area contributed by atoms with Gasteiger partial charge in [-0.1, -0.05) is 18.2 Å². The van der Waals surface area contributed by atoms with Crippen LogP contribution in [0.3, 0.4) is 0 Å². The second-order valence-electron chi connectivity index (χ2n) is 8.04. The number of benzene rings is 2. The lowest BCUT2D eigenvalue weighted by molar-refractivity contribution is -0.117. The van der Waals surface area contributed by atoms with E-state index in [1.807, 2.05) is 62.1 Å². The number of hydrogen-bond donors (Lipinski definition) is 2. The van der Waals surface area contributed by atoms with E-state index in [1.165, 1.54) is 0 Å². The fraction of sp³-hybridized carbons (Fsp3) is 0.417. The summed E-state index contributed by atoms with van der Waals surface area (Å²) in [5.41, 5.74) is 4.73. The first-order valence-corrected chi connectivity index (χ1v) is 10.7. The smallest absolute Gasteiger partial charge is 0.321 e. The van der Waals surface area contributed by atoms with Crippen molar-refractivity contribution in [3.8, 4) is 5.75 Å². The molecule has 7 heteroatoms. The van der Waals surface area contributed by atoms with Gasteiger partial charge in [0, 0.05) is 37.6 Å². The van der Waals surface area contributed by atoms with Crippen LogP contribution in [0.5, 0.6) is 5.75 Å². The zero-order valence-corrected chi connectivity index (χ0v) is 18.8. The number of methoxy groups -OCH3 is 1. The van der Waals surface area contributed by atoms with Crippen molar-refractivity contribution in [3.63, 3.8) is 0 Å². The van der Waals surface area contributed by atoms with Gasteiger partial charge in [0.2, 0.25) is 5.91 Å². The third kappa shape index (κ3) is 5.98. The maximum atomic E-state index is 12.8. The van der Waals surface area contributed by atoms with Crippen LogP contribution in [0.2, 0.25) is 0 Å². The third-order valence-electron chi connectivity index (χ3n) is 5.66. The molecule has 3 rings (SSSR count). The van der Waals surface area contributed by atoms with Gasteiger partial charge in [-0.15, -0.1) is 0 Å². The summed E-state index contributed by atoms with van der Waals surface area (Å²) in [7, 11) is 1.62. The van der Waals surface area contributed by atoms with E-state index in [9.17, 15) is 9.59 Å². The van der Waals surface area contributed by atoms with Crippen molar-refractivity contribution < 1.29 is 14.3 Å². The Labute approximate surface area is 184 Å². The van der Waals surface area contributed by atoms with E-state index in [0.29, 0.717) is 26.2 Å². The number of para-hydroxylation sites is 1. The number of hydrogen-bond acceptors (Lipinski definition) is 4. The average Bonchev–Trinajstić information content (AvgIpc) is 2.98. The largest absolute Gasteiger partial charge is 0.497 e.